The van der Waals surface area contributed by atoms with E-state index in [9.17, 15) is 0 Å². The molecule has 0 spiro atoms. The van der Waals surface area contributed by atoms with Crippen LogP contribution in [0.3, 0.4) is 0 Å². The highest BCUT2D eigenvalue weighted by atomic mass is 16.5. The summed E-state index contributed by atoms with van der Waals surface area (Å²) in [6, 6.07) is 0. The first-order valence-electron chi connectivity index (χ1n) is 5.12. The van der Waals surface area contributed by atoms with Gasteiger partial charge in [0.2, 0.25) is 0 Å². The quantitative estimate of drug-likeness (QED) is 0.633. The topological polar surface area (TPSA) is 9.23 Å². The van der Waals surface area contributed by atoms with Crippen molar-refractivity contribution in [3.05, 3.63) is 23.8 Å². The molecule has 0 amide bonds. The summed E-state index contributed by atoms with van der Waals surface area (Å²) in [5, 5.41) is 0. The second kappa shape index (κ2) is 5.23. The number of ether oxygens (including phenoxy) is 1. The SMILES string of the molecule is CC=CC=C1CC(OC)CCC1C. The van der Waals surface area contributed by atoms with Gasteiger partial charge in [-0.2, -0.15) is 0 Å². The van der Waals surface area contributed by atoms with Gasteiger partial charge in [-0.15, -0.1) is 0 Å². The summed E-state index contributed by atoms with van der Waals surface area (Å²) < 4.78 is 5.38. The molecule has 13 heavy (non-hydrogen) atoms. The lowest BCUT2D eigenvalue weighted by Crippen LogP contribution is -2.21. The zero-order valence-corrected chi connectivity index (χ0v) is 8.92. The lowest BCUT2D eigenvalue weighted by Gasteiger charge is -2.28. The third-order valence-corrected chi connectivity index (χ3v) is 2.85. The van der Waals surface area contributed by atoms with Gasteiger partial charge in [-0.3, -0.25) is 0 Å². The van der Waals surface area contributed by atoms with Crippen LogP contribution in [0.2, 0.25) is 0 Å². The average molecular weight is 180 g/mol. The zero-order chi connectivity index (χ0) is 9.68. The van der Waals surface area contributed by atoms with Gasteiger partial charge in [0.05, 0.1) is 6.10 Å². The van der Waals surface area contributed by atoms with E-state index in [1.165, 1.54) is 18.4 Å². The first kappa shape index (κ1) is 10.5. The summed E-state index contributed by atoms with van der Waals surface area (Å²) >= 11 is 0. The number of hydrogen-bond donors (Lipinski definition) is 0. The van der Waals surface area contributed by atoms with Gasteiger partial charge in [-0.1, -0.05) is 30.7 Å². The largest absolute Gasteiger partial charge is 0.381 e. The summed E-state index contributed by atoms with van der Waals surface area (Å²) in [5.74, 6) is 0.739. The Labute approximate surface area is 81.5 Å². The molecule has 1 nitrogen and oxygen atoms in total. The molecule has 1 saturated carbocycles. The van der Waals surface area contributed by atoms with Crippen molar-refractivity contribution in [1.29, 1.82) is 0 Å². The van der Waals surface area contributed by atoms with Crippen LogP contribution in [-0.4, -0.2) is 13.2 Å². The molecular formula is C12H20O. The van der Waals surface area contributed by atoms with E-state index in [2.05, 4.69) is 32.1 Å². The Hall–Kier alpha value is -0.560. The van der Waals surface area contributed by atoms with Crippen LogP contribution in [-0.2, 0) is 4.74 Å². The predicted octanol–water partition coefficient (Wildman–Crippen LogP) is 3.32. The first-order valence-corrected chi connectivity index (χ1v) is 5.12. The molecule has 1 rings (SSSR count). The van der Waals surface area contributed by atoms with Crippen LogP contribution in [0.5, 0.6) is 0 Å². The number of rotatable bonds is 2. The Balaban J connectivity index is 2.59. The Morgan fingerprint density at radius 3 is 2.77 bits per heavy atom. The van der Waals surface area contributed by atoms with Crippen LogP contribution in [0.1, 0.15) is 33.1 Å². The van der Waals surface area contributed by atoms with E-state index in [1.54, 1.807) is 0 Å². The van der Waals surface area contributed by atoms with E-state index in [-0.39, 0.29) is 0 Å². The summed E-state index contributed by atoms with van der Waals surface area (Å²) in [5.41, 5.74) is 1.54. The van der Waals surface area contributed by atoms with Crippen molar-refractivity contribution in [2.24, 2.45) is 5.92 Å². The minimum atomic E-state index is 0.452. The zero-order valence-electron chi connectivity index (χ0n) is 8.92. The maximum atomic E-state index is 5.38. The fourth-order valence-corrected chi connectivity index (χ4v) is 1.84. The van der Waals surface area contributed by atoms with E-state index in [1.807, 2.05) is 7.11 Å². The normalized spacial score (nSPS) is 33.0. The van der Waals surface area contributed by atoms with Crippen molar-refractivity contribution in [1.82, 2.24) is 0 Å². The maximum absolute atomic E-state index is 5.38. The fourth-order valence-electron chi connectivity index (χ4n) is 1.84. The number of methoxy groups -OCH3 is 1. The van der Waals surface area contributed by atoms with Crippen LogP contribution < -0.4 is 0 Å². The summed E-state index contributed by atoms with van der Waals surface area (Å²) in [6.45, 7) is 4.36. The maximum Gasteiger partial charge on any atom is 0.0608 e. The van der Waals surface area contributed by atoms with Crippen LogP contribution in [0.25, 0.3) is 0 Å². The van der Waals surface area contributed by atoms with Gasteiger partial charge in [0.15, 0.2) is 0 Å². The third kappa shape index (κ3) is 3.00. The molecule has 1 aliphatic carbocycles. The molecular weight excluding hydrogens is 160 g/mol. The van der Waals surface area contributed by atoms with Gasteiger partial charge < -0.3 is 4.74 Å². The van der Waals surface area contributed by atoms with Gasteiger partial charge in [0, 0.05) is 7.11 Å². The number of allylic oxidation sites excluding steroid dienone is 3. The Morgan fingerprint density at radius 2 is 2.15 bits per heavy atom. The Morgan fingerprint density at radius 1 is 1.38 bits per heavy atom. The van der Waals surface area contributed by atoms with Crippen LogP contribution in [0.4, 0.5) is 0 Å². The van der Waals surface area contributed by atoms with E-state index in [4.69, 9.17) is 4.74 Å². The monoisotopic (exact) mass is 180 g/mol. The highest BCUT2D eigenvalue weighted by molar-refractivity contribution is 5.17. The second-order valence-corrected chi connectivity index (χ2v) is 3.81. The standard InChI is InChI=1S/C12H20O/c1-4-5-6-11-9-12(13-3)8-7-10(11)2/h4-6,10,12H,7-9H2,1-3H3. The lowest BCUT2D eigenvalue weighted by molar-refractivity contribution is 0.0776. The first-order chi connectivity index (χ1) is 6.27. The van der Waals surface area contributed by atoms with Crippen molar-refractivity contribution >= 4 is 0 Å². The van der Waals surface area contributed by atoms with Gasteiger partial charge in [0.1, 0.15) is 0 Å². The molecule has 2 atom stereocenters. The highest BCUT2D eigenvalue weighted by Crippen LogP contribution is 2.30. The molecule has 0 bridgehead atoms. The molecule has 0 N–H and O–H groups in total. The van der Waals surface area contributed by atoms with Crippen LogP contribution >= 0.6 is 0 Å². The van der Waals surface area contributed by atoms with Crippen LogP contribution in [0, 0.1) is 5.92 Å². The van der Waals surface area contributed by atoms with Crippen molar-refractivity contribution in [2.45, 2.75) is 39.2 Å². The smallest absolute Gasteiger partial charge is 0.0608 e. The molecule has 1 heteroatoms. The van der Waals surface area contributed by atoms with Crippen molar-refractivity contribution in [2.75, 3.05) is 7.11 Å². The second-order valence-electron chi connectivity index (χ2n) is 3.81. The number of hydrogen-bond acceptors (Lipinski definition) is 1. The minimum Gasteiger partial charge on any atom is -0.381 e. The lowest BCUT2D eigenvalue weighted by atomic mass is 9.83. The highest BCUT2D eigenvalue weighted by Gasteiger charge is 2.21. The van der Waals surface area contributed by atoms with Crippen LogP contribution in [0.15, 0.2) is 23.8 Å². The van der Waals surface area contributed by atoms with Gasteiger partial charge in [-0.25, -0.2) is 0 Å². The van der Waals surface area contributed by atoms with Crippen molar-refractivity contribution in [3.63, 3.8) is 0 Å². The molecule has 0 aromatic heterocycles. The van der Waals surface area contributed by atoms with Gasteiger partial charge >= 0.3 is 0 Å². The Kier molecular flexibility index (Phi) is 4.23. The molecule has 74 valence electrons. The molecule has 1 aliphatic rings. The van der Waals surface area contributed by atoms with Crippen molar-refractivity contribution < 1.29 is 4.74 Å². The summed E-state index contributed by atoms with van der Waals surface area (Å²) in [7, 11) is 1.81. The summed E-state index contributed by atoms with van der Waals surface area (Å²) in [6.07, 6.45) is 10.5. The molecule has 2 unspecified atom stereocenters. The summed E-state index contributed by atoms with van der Waals surface area (Å²) in [4.78, 5) is 0. The molecule has 1 fully saturated rings. The van der Waals surface area contributed by atoms with Crippen molar-refractivity contribution in [3.8, 4) is 0 Å². The van der Waals surface area contributed by atoms with Gasteiger partial charge in [-0.05, 0) is 32.1 Å². The molecule has 0 saturated heterocycles. The van der Waals surface area contributed by atoms with E-state index >= 15 is 0 Å². The van der Waals surface area contributed by atoms with E-state index in [0.717, 1.165) is 12.3 Å². The third-order valence-electron chi connectivity index (χ3n) is 2.85. The molecule has 0 aromatic carbocycles. The molecule has 0 aromatic rings. The minimum absolute atomic E-state index is 0.452. The van der Waals surface area contributed by atoms with E-state index in [0.29, 0.717) is 6.10 Å². The predicted molar refractivity (Wildman–Crippen MR) is 56.7 cm³/mol. The molecule has 0 radical (unpaired) electrons. The Bertz CT molecular complexity index is 203. The molecule has 0 aliphatic heterocycles. The average Bonchev–Trinajstić information content (AvgIpc) is 2.17. The van der Waals surface area contributed by atoms with E-state index < -0.39 is 0 Å². The fraction of sp³-hybridized carbons (Fsp3) is 0.667. The molecule has 0 heterocycles. The van der Waals surface area contributed by atoms with Gasteiger partial charge in [0.25, 0.3) is 0 Å².